The molecule has 0 aliphatic rings. The van der Waals surface area contributed by atoms with Gasteiger partial charge in [0.15, 0.2) is 6.10 Å². The fourth-order valence-corrected chi connectivity index (χ4v) is 2.18. The number of rotatable bonds is 4. The van der Waals surface area contributed by atoms with Gasteiger partial charge >= 0.3 is 5.97 Å². The summed E-state index contributed by atoms with van der Waals surface area (Å²) in [5.74, 6) is -0.840. The Bertz CT molecular complexity index is 737. The molecule has 4 heteroatoms. The summed E-state index contributed by atoms with van der Waals surface area (Å²) in [6, 6.07) is 12.9. The Morgan fingerprint density at radius 3 is 2.39 bits per heavy atom. The van der Waals surface area contributed by atoms with Gasteiger partial charge in [-0.1, -0.05) is 30.3 Å². The van der Waals surface area contributed by atoms with E-state index in [9.17, 15) is 9.59 Å². The number of amides is 1. The van der Waals surface area contributed by atoms with Crippen LogP contribution in [-0.2, 0) is 9.53 Å². The van der Waals surface area contributed by atoms with Crippen LogP contribution in [0.5, 0.6) is 0 Å². The fraction of sp³-hybridized carbons (Fsp3) is 0.263. The molecule has 1 amide bonds. The van der Waals surface area contributed by atoms with Gasteiger partial charge in [-0.05, 0) is 56.5 Å². The number of benzene rings is 2. The zero-order valence-electron chi connectivity index (χ0n) is 13.8. The summed E-state index contributed by atoms with van der Waals surface area (Å²) in [5.41, 5.74) is 4.03. The number of ether oxygens (including phenoxy) is 1. The maximum absolute atomic E-state index is 12.2. The SMILES string of the molecule is Cc1ccc(C)c(NC(=O)C(C)OC(=O)c2ccccc2C)c1. The van der Waals surface area contributed by atoms with Gasteiger partial charge in [-0.25, -0.2) is 4.79 Å². The highest BCUT2D eigenvalue weighted by Crippen LogP contribution is 2.17. The van der Waals surface area contributed by atoms with Crippen LogP contribution in [0.2, 0.25) is 0 Å². The van der Waals surface area contributed by atoms with Gasteiger partial charge in [-0.3, -0.25) is 4.79 Å². The van der Waals surface area contributed by atoms with Crippen molar-refractivity contribution in [3.8, 4) is 0 Å². The molecule has 2 rings (SSSR count). The Hall–Kier alpha value is -2.62. The minimum absolute atomic E-state index is 0.347. The molecule has 0 bridgehead atoms. The molecule has 0 fully saturated rings. The lowest BCUT2D eigenvalue weighted by Crippen LogP contribution is -2.30. The topological polar surface area (TPSA) is 55.4 Å². The summed E-state index contributed by atoms with van der Waals surface area (Å²) in [6.07, 6.45) is -0.873. The van der Waals surface area contributed by atoms with E-state index in [-0.39, 0.29) is 5.91 Å². The largest absolute Gasteiger partial charge is 0.449 e. The third kappa shape index (κ3) is 4.19. The summed E-state index contributed by atoms with van der Waals surface area (Å²) in [7, 11) is 0. The average molecular weight is 311 g/mol. The van der Waals surface area contributed by atoms with E-state index in [1.54, 1.807) is 19.1 Å². The van der Waals surface area contributed by atoms with Gasteiger partial charge in [0.05, 0.1) is 5.56 Å². The van der Waals surface area contributed by atoms with Crippen molar-refractivity contribution in [2.24, 2.45) is 0 Å². The predicted octanol–water partition coefficient (Wildman–Crippen LogP) is 3.80. The van der Waals surface area contributed by atoms with Crippen molar-refractivity contribution in [1.82, 2.24) is 0 Å². The van der Waals surface area contributed by atoms with E-state index in [1.165, 1.54) is 0 Å². The van der Waals surface area contributed by atoms with Crippen LogP contribution in [0.1, 0.15) is 34.0 Å². The first-order chi connectivity index (χ1) is 10.9. The van der Waals surface area contributed by atoms with Crippen LogP contribution in [0, 0.1) is 20.8 Å². The van der Waals surface area contributed by atoms with Crippen molar-refractivity contribution in [3.63, 3.8) is 0 Å². The molecule has 0 aromatic heterocycles. The van der Waals surface area contributed by atoms with E-state index in [0.29, 0.717) is 5.56 Å². The Morgan fingerprint density at radius 1 is 1.00 bits per heavy atom. The second-order valence-corrected chi connectivity index (χ2v) is 5.67. The first-order valence-corrected chi connectivity index (χ1v) is 7.53. The normalized spacial score (nSPS) is 11.7. The molecule has 1 atom stereocenters. The molecular weight excluding hydrogens is 290 g/mol. The van der Waals surface area contributed by atoms with Crippen molar-refractivity contribution in [2.45, 2.75) is 33.8 Å². The van der Waals surface area contributed by atoms with Gasteiger partial charge in [0.25, 0.3) is 5.91 Å². The van der Waals surface area contributed by atoms with Crippen LogP contribution < -0.4 is 5.32 Å². The van der Waals surface area contributed by atoms with Crippen LogP contribution in [0.3, 0.4) is 0 Å². The Morgan fingerprint density at radius 2 is 1.70 bits per heavy atom. The van der Waals surface area contributed by atoms with Crippen molar-refractivity contribution < 1.29 is 14.3 Å². The zero-order chi connectivity index (χ0) is 17.0. The third-order valence-corrected chi connectivity index (χ3v) is 3.67. The maximum atomic E-state index is 12.2. The van der Waals surface area contributed by atoms with Crippen LogP contribution in [-0.4, -0.2) is 18.0 Å². The quantitative estimate of drug-likeness (QED) is 0.874. The number of anilines is 1. The van der Waals surface area contributed by atoms with Crippen molar-refractivity contribution >= 4 is 17.6 Å². The van der Waals surface area contributed by atoms with E-state index >= 15 is 0 Å². The van der Waals surface area contributed by atoms with E-state index in [4.69, 9.17) is 4.74 Å². The standard InChI is InChI=1S/C19H21NO3/c1-12-9-10-14(3)17(11-12)20-18(21)15(4)23-19(22)16-8-6-5-7-13(16)2/h5-11,15H,1-4H3,(H,20,21). The summed E-state index contributed by atoms with van der Waals surface area (Å²) in [6.45, 7) is 7.27. The number of hydrogen-bond acceptors (Lipinski definition) is 3. The molecule has 1 N–H and O–H groups in total. The van der Waals surface area contributed by atoms with Crippen molar-refractivity contribution in [3.05, 3.63) is 64.7 Å². The van der Waals surface area contributed by atoms with Crippen LogP contribution in [0.15, 0.2) is 42.5 Å². The van der Waals surface area contributed by atoms with Crippen LogP contribution >= 0.6 is 0 Å². The monoisotopic (exact) mass is 311 g/mol. The maximum Gasteiger partial charge on any atom is 0.339 e. The van der Waals surface area contributed by atoms with Gasteiger partial charge in [-0.2, -0.15) is 0 Å². The number of aryl methyl sites for hydroxylation is 3. The number of hydrogen-bond donors (Lipinski definition) is 1. The molecule has 0 saturated carbocycles. The highest BCUT2D eigenvalue weighted by atomic mass is 16.5. The van der Waals surface area contributed by atoms with E-state index < -0.39 is 12.1 Å². The molecule has 2 aromatic carbocycles. The minimum Gasteiger partial charge on any atom is -0.449 e. The third-order valence-electron chi connectivity index (χ3n) is 3.67. The van der Waals surface area contributed by atoms with Gasteiger partial charge < -0.3 is 10.1 Å². The number of carbonyl (C=O) groups is 2. The van der Waals surface area contributed by atoms with Crippen molar-refractivity contribution in [1.29, 1.82) is 0 Å². The molecule has 120 valence electrons. The summed E-state index contributed by atoms with van der Waals surface area (Å²) in [5, 5.41) is 2.81. The van der Waals surface area contributed by atoms with Gasteiger partial charge in [0.1, 0.15) is 0 Å². The first kappa shape index (κ1) is 16.7. The molecular formula is C19H21NO3. The van der Waals surface area contributed by atoms with Crippen LogP contribution in [0.25, 0.3) is 0 Å². The Kier molecular flexibility index (Phi) is 5.16. The Balaban J connectivity index is 2.04. The van der Waals surface area contributed by atoms with Gasteiger partial charge in [0, 0.05) is 5.69 Å². The lowest BCUT2D eigenvalue weighted by atomic mass is 10.1. The minimum atomic E-state index is -0.873. The highest BCUT2D eigenvalue weighted by Gasteiger charge is 2.20. The number of esters is 1. The Labute approximate surface area is 136 Å². The molecule has 2 aromatic rings. The zero-order valence-corrected chi connectivity index (χ0v) is 13.8. The van der Waals surface area contributed by atoms with E-state index in [2.05, 4.69) is 5.32 Å². The lowest BCUT2D eigenvalue weighted by molar-refractivity contribution is -0.123. The molecule has 0 aliphatic carbocycles. The molecule has 4 nitrogen and oxygen atoms in total. The molecule has 0 aliphatic heterocycles. The first-order valence-electron chi connectivity index (χ1n) is 7.53. The van der Waals surface area contributed by atoms with Gasteiger partial charge in [-0.15, -0.1) is 0 Å². The molecule has 0 saturated heterocycles. The number of nitrogens with one attached hydrogen (secondary N) is 1. The highest BCUT2D eigenvalue weighted by molar-refractivity contribution is 5.98. The summed E-state index contributed by atoms with van der Waals surface area (Å²) < 4.78 is 5.27. The van der Waals surface area contributed by atoms with E-state index in [0.717, 1.165) is 22.4 Å². The van der Waals surface area contributed by atoms with Crippen molar-refractivity contribution in [2.75, 3.05) is 5.32 Å². The smallest absolute Gasteiger partial charge is 0.339 e. The molecule has 0 spiro atoms. The average Bonchev–Trinajstić information content (AvgIpc) is 2.51. The number of carbonyl (C=O) groups excluding carboxylic acids is 2. The molecule has 1 unspecified atom stereocenters. The second-order valence-electron chi connectivity index (χ2n) is 5.67. The fourth-order valence-electron chi connectivity index (χ4n) is 2.18. The molecule has 23 heavy (non-hydrogen) atoms. The molecule has 0 radical (unpaired) electrons. The molecule has 0 heterocycles. The predicted molar refractivity (Wildman–Crippen MR) is 90.6 cm³/mol. The summed E-state index contributed by atoms with van der Waals surface area (Å²) >= 11 is 0. The van der Waals surface area contributed by atoms with Crippen LogP contribution in [0.4, 0.5) is 5.69 Å². The summed E-state index contributed by atoms with van der Waals surface area (Å²) in [4.78, 5) is 24.4. The van der Waals surface area contributed by atoms with E-state index in [1.807, 2.05) is 51.1 Å². The lowest BCUT2D eigenvalue weighted by Gasteiger charge is -2.15. The van der Waals surface area contributed by atoms with Gasteiger partial charge in [0.2, 0.25) is 0 Å². The second kappa shape index (κ2) is 7.09.